The summed E-state index contributed by atoms with van der Waals surface area (Å²) in [6.07, 6.45) is 2.64. The first-order valence-electron chi connectivity index (χ1n) is 4.18. The molecule has 0 heterocycles. The van der Waals surface area contributed by atoms with Crippen molar-refractivity contribution < 1.29 is 14.7 Å². The number of aliphatic carboxylic acids is 1. The van der Waals surface area contributed by atoms with Crippen molar-refractivity contribution in [2.75, 3.05) is 6.54 Å². The van der Waals surface area contributed by atoms with E-state index in [-0.39, 0.29) is 12.5 Å². The molecular weight excluding hydrogens is 170 g/mol. The molecule has 1 unspecified atom stereocenters. The standard InChI is InChI=1S/C9H15NO3/c1-3-4-5-8(11)10-6-7(2)9(12)13/h3,7H,1,4-6H2,2H3,(H,10,11)(H,12,13). The van der Waals surface area contributed by atoms with Gasteiger partial charge in [-0.15, -0.1) is 6.58 Å². The zero-order valence-electron chi connectivity index (χ0n) is 7.75. The first-order chi connectivity index (χ1) is 6.07. The molecule has 0 bridgehead atoms. The molecule has 1 amide bonds. The Bertz CT molecular complexity index is 201. The lowest BCUT2D eigenvalue weighted by molar-refractivity contribution is -0.141. The molecule has 0 aliphatic carbocycles. The first kappa shape index (κ1) is 11.7. The van der Waals surface area contributed by atoms with Crippen molar-refractivity contribution in [2.24, 2.45) is 5.92 Å². The molecule has 0 aromatic carbocycles. The molecule has 0 radical (unpaired) electrons. The van der Waals surface area contributed by atoms with Gasteiger partial charge in [-0.25, -0.2) is 0 Å². The molecule has 74 valence electrons. The van der Waals surface area contributed by atoms with Crippen LogP contribution in [0.1, 0.15) is 19.8 Å². The number of amides is 1. The number of hydrogen-bond acceptors (Lipinski definition) is 2. The highest BCUT2D eigenvalue weighted by atomic mass is 16.4. The van der Waals surface area contributed by atoms with Gasteiger partial charge in [0.25, 0.3) is 0 Å². The minimum Gasteiger partial charge on any atom is -0.481 e. The SMILES string of the molecule is C=CCCC(=O)NCC(C)C(=O)O. The summed E-state index contributed by atoms with van der Waals surface area (Å²) in [6, 6.07) is 0. The van der Waals surface area contributed by atoms with Gasteiger partial charge < -0.3 is 10.4 Å². The van der Waals surface area contributed by atoms with Crippen LogP contribution in [0.15, 0.2) is 12.7 Å². The smallest absolute Gasteiger partial charge is 0.308 e. The monoisotopic (exact) mass is 185 g/mol. The number of nitrogens with one attached hydrogen (secondary N) is 1. The lowest BCUT2D eigenvalue weighted by Crippen LogP contribution is -2.31. The maximum atomic E-state index is 11.0. The predicted molar refractivity (Wildman–Crippen MR) is 49.2 cm³/mol. The van der Waals surface area contributed by atoms with Gasteiger partial charge in [0, 0.05) is 13.0 Å². The average molecular weight is 185 g/mol. The third-order valence-corrected chi connectivity index (χ3v) is 1.60. The second-order valence-electron chi connectivity index (χ2n) is 2.87. The highest BCUT2D eigenvalue weighted by molar-refractivity contribution is 5.77. The highest BCUT2D eigenvalue weighted by Crippen LogP contribution is 1.93. The van der Waals surface area contributed by atoms with Gasteiger partial charge in [0.2, 0.25) is 5.91 Å². The van der Waals surface area contributed by atoms with Gasteiger partial charge in [-0.3, -0.25) is 9.59 Å². The zero-order valence-corrected chi connectivity index (χ0v) is 7.75. The molecule has 0 aromatic heterocycles. The Hall–Kier alpha value is -1.32. The van der Waals surface area contributed by atoms with E-state index in [4.69, 9.17) is 5.11 Å². The van der Waals surface area contributed by atoms with Gasteiger partial charge in [0.15, 0.2) is 0 Å². The predicted octanol–water partition coefficient (Wildman–Crippen LogP) is 0.790. The lowest BCUT2D eigenvalue weighted by atomic mass is 10.2. The van der Waals surface area contributed by atoms with E-state index in [1.807, 2.05) is 0 Å². The molecule has 0 aliphatic rings. The van der Waals surface area contributed by atoms with E-state index in [9.17, 15) is 9.59 Å². The Kier molecular flexibility index (Phi) is 5.59. The molecule has 0 fully saturated rings. The summed E-state index contributed by atoms with van der Waals surface area (Å²) in [5.41, 5.74) is 0. The fourth-order valence-electron chi connectivity index (χ4n) is 0.676. The maximum absolute atomic E-state index is 11.0. The fraction of sp³-hybridized carbons (Fsp3) is 0.556. The number of carbonyl (C=O) groups excluding carboxylic acids is 1. The summed E-state index contributed by atoms with van der Waals surface area (Å²) < 4.78 is 0. The number of hydrogen-bond donors (Lipinski definition) is 2. The van der Waals surface area contributed by atoms with E-state index in [0.717, 1.165) is 0 Å². The van der Waals surface area contributed by atoms with E-state index >= 15 is 0 Å². The Labute approximate surface area is 77.6 Å². The number of carbonyl (C=O) groups is 2. The van der Waals surface area contributed by atoms with Crippen LogP contribution >= 0.6 is 0 Å². The lowest BCUT2D eigenvalue weighted by Gasteiger charge is -2.07. The van der Waals surface area contributed by atoms with Crippen LogP contribution in [0.4, 0.5) is 0 Å². The molecule has 13 heavy (non-hydrogen) atoms. The van der Waals surface area contributed by atoms with E-state index in [1.165, 1.54) is 0 Å². The molecule has 2 N–H and O–H groups in total. The van der Waals surface area contributed by atoms with E-state index in [1.54, 1.807) is 13.0 Å². The van der Waals surface area contributed by atoms with Crippen molar-refractivity contribution >= 4 is 11.9 Å². The van der Waals surface area contributed by atoms with Gasteiger partial charge in [-0.05, 0) is 6.42 Å². The summed E-state index contributed by atoms with van der Waals surface area (Å²) >= 11 is 0. The molecule has 0 rings (SSSR count). The number of rotatable bonds is 6. The van der Waals surface area contributed by atoms with E-state index in [0.29, 0.717) is 12.8 Å². The van der Waals surface area contributed by atoms with Crippen molar-refractivity contribution in [3.8, 4) is 0 Å². The summed E-state index contributed by atoms with van der Waals surface area (Å²) in [4.78, 5) is 21.3. The number of carboxylic acid groups (broad SMARTS) is 1. The minimum atomic E-state index is -0.899. The van der Waals surface area contributed by atoms with Crippen LogP contribution in [0.5, 0.6) is 0 Å². The van der Waals surface area contributed by atoms with Crippen LogP contribution in [0.2, 0.25) is 0 Å². The van der Waals surface area contributed by atoms with Crippen LogP contribution < -0.4 is 5.32 Å². The Morgan fingerprint density at radius 2 is 2.23 bits per heavy atom. The third-order valence-electron chi connectivity index (χ3n) is 1.60. The Balaban J connectivity index is 3.57. The molecule has 1 atom stereocenters. The van der Waals surface area contributed by atoms with E-state index in [2.05, 4.69) is 11.9 Å². The van der Waals surface area contributed by atoms with Gasteiger partial charge in [-0.1, -0.05) is 13.0 Å². The molecule has 0 saturated heterocycles. The number of carboxylic acids is 1. The molecule has 0 spiro atoms. The second kappa shape index (κ2) is 6.22. The van der Waals surface area contributed by atoms with Crippen LogP contribution in [0.3, 0.4) is 0 Å². The fourth-order valence-corrected chi connectivity index (χ4v) is 0.676. The average Bonchev–Trinajstić information content (AvgIpc) is 2.10. The van der Waals surface area contributed by atoms with Crippen LogP contribution in [0, 0.1) is 5.92 Å². The largest absolute Gasteiger partial charge is 0.481 e. The van der Waals surface area contributed by atoms with Crippen molar-refractivity contribution in [1.29, 1.82) is 0 Å². The second-order valence-corrected chi connectivity index (χ2v) is 2.87. The summed E-state index contributed by atoms with van der Waals surface area (Å²) in [6.45, 7) is 5.22. The van der Waals surface area contributed by atoms with Crippen molar-refractivity contribution in [1.82, 2.24) is 5.32 Å². The Morgan fingerprint density at radius 3 is 2.69 bits per heavy atom. The molecule has 0 saturated carbocycles. The van der Waals surface area contributed by atoms with Gasteiger partial charge in [-0.2, -0.15) is 0 Å². The molecule has 4 nitrogen and oxygen atoms in total. The van der Waals surface area contributed by atoms with Gasteiger partial charge in [0.1, 0.15) is 0 Å². The summed E-state index contributed by atoms with van der Waals surface area (Å²) in [5, 5.41) is 11.0. The normalized spacial score (nSPS) is 11.8. The maximum Gasteiger partial charge on any atom is 0.308 e. The highest BCUT2D eigenvalue weighted by Gasteiger charge is 2.11. The molecule has 0 aromatic rings. The Morgan fingerprint density at radius 1 is 1.62 bits per heavy atom. The van der Waals surface area contributed by atoms with Crippen LogP contribution in [0.25, 0.3) is 0 Å². The van der Waals surface area contributed by atoms with Gasteiger partial charge in [0.05, 0.1) is 5.92 Å². The minimum absolute atomic E-state index is 0.131. The van der Waals surface area contributed by atoms with Crippen molar-refractivity contribution in [3.63, 3.8) is 0 Å². The topological polar surface area (TPSA) is 66.4 Å². The van der Waals surface area contributed by atoms with E-state index < -0.39 is 11.9 Å². The van der Waals surface area contributed by atoms with Gasteiger partial charge >= 0.3 is 5.97 Å². The first-order valence-corrected chi connectivity index (χ1v) is 4.18. The van der Waals surface area contributed by atoms with Crippen molar-refractivity contribution in [2.45, 2.75) is 19.8 Å². The quantitative estimate of drug-likeness (QED) is 0.601. The molecular formula is C9H15NO3. The third kappa shape index (κ3) is 5.90. The van der Waals surface area contributed by atoms with Crippen LogP contribution in [-0.2, 0) is 9.59 Å². The summed E-state index contributed by atoms with van der Waals surface area (Å²) in [5.74, 6) is -1.57. The zero-order chi connectivity index (χ0) is 10.3. The summed E-state index contributed by atoms with van der Waals surface area (Å²) in [7, 11) is 0. The number of allylic oxidation sites excluding steroid dienone is 1. The molecule has 4 heteroatoms. The molecule has 0 aliphatic heterocycles. The van der Waals surface area contributed by atoms with Crippen LogP contribution in [-0.4, -0.2) is 23.5 Å². The van der Waals surface area contributed by atoms with Crippen molar-refractivity contribution in [3.05, 3.63) is 12.7 Å².